The van der Waals surface area contributed by atoms with Crippen LogP contribution in [-0.4, -0.2) is 34.7 Å². The van der Waals surface area contributed by atoms with Gasteiger partial charge in [-0.1, -0.05) is 11.6 Å². The van der Waals surface area contributed by atoms with Crippen molar-refractivity contribution in [1.82, 2.24) is 4.98 Å². The number of aliphatic hydroxyl groups excluding tert-OH is 1. The Morgan fingerprint density at radius 2 is 2.37 bits per heavy atom. The fourth-order valence-corrected chi connectivity index (χ4v) is 2.63. The van der Waals surface area contributed by atoms with Gasteiger partial charge in [-0.2, -0.15) is 0 Å². The number of hydrogen-bond donors (Lipinski definition) is 1. The van der Waals surface area contributed by atoms with E-state index in [1.165, 1.54) is 12.1 Å². The Morgan fingerprint density at radius 1 is 1.58 bits per heavy atom. The number of piperidine rings is 1. The molecule has 1 atom stereocenters. The molecule has 0 aliphatic carbocycles. The van der Waals surface area contributed by atoms with Crippen LogP contribution in [0.3, 0.4) is 0 Å². The standard InChI is InChI=1S/C12H16ClN3O3/c13-11-6-10(16(18)19)7-12(14-11)15-4-1-2-9(8-15)3-5-17/h6-7,9,17H,1-5,8H2. The lowest BCUT2D eigenvalue weighted by Crippen LogP contribution is -2.36. The molecule has 1 N–H and O–H groups in total. The van der Waals surface area contributed by atoms with E-state index in [1.54, 1.807) is 0 Å². The van der Waals surface area contributed by atoms with Crippen molar-refractivity contribution in [3.63, 3.8) is 0 Å². The Labute approximate surface area is 116 Å². The van der Waals surface area contributed by atoms with Gasteiger partial charge in [0.05, 0.1) is 17.1 Å². The largest absolute Gasteiger partial charge is 0.396 e. The fraction of sp³-hybridized carbons (Fsp3) is 0.583. The third-order valence-electron chi connectivity index (χ3n) is 3.36. The molecular weight excluding hydrogens is 270 g/mol. The van der Waals surface area contributed by atoms with Crippen LogP contribution in [0.2, 0.25) is 5.15 Å². The van der Waals surface area contributed by atoms with E-state index in [9.17, 15) is 10.1 Å². The molecule has 0 aromatic carbocycles. The lowest BCUT2D eigenvalue weighted by atomic mass is 9.95. The van der Waals surface area contributed by atoms with Crippen LogP contribution in [0.1, 0.15) is 19.3 Å². The van der Waals surface area contributed by atoms with Crippen molar-refractivity contribution in [2.24, 2.45) is 5.92 Å². The van der Waals surface area contributed by atoms with Crippen LogP contribution in [0.15, 0.2) is 12.1 Å². The molecule has 7 heteroatoms. The molecule has 104 valence electrons. The van der Waals surface area contributed by atoms with E-state index in [0.717, 1.165) is 32.4 Å². The monoisotopic (exact) mass is 285 g/mol. The van der Waals surface area contributed by atoms with Crippen LogP contribution in [-0.2, 0) is 0 Å². The van der Waals surface area contributed by atoms with Gasteiger partial charge in [-0.15, -0.1) is 0 Å². The van der Waals surface area contributed by atoms with Gasteiger partial charge < -0.3 is 10.0 Å². The third kappa shape index (κ3) is 3.54. The highest BCUT2D eigenvalue weighted by Gasteiger charge is 2.22. The van der Waals surface area contributed by atoms with Crippen LogP contribution >= 0.6 is 11.6 Å². The molecule has 1 aromatic rings. The molecule has 0 amide bonds. The molecule has 1 fully saturated rings. The van der Waals surface area contributed by atoms with Crippen molar-refractivity contribution in [3.8, 4) is 0 Å². The number of pyridine rings is 1. The first-order chi connectivity index (χ1) is 9.10. The average molecular weight is 286 g/mol. The maximum absolute atomic E-state index is 10.8. The summed E-state index contributed by atoms with van der Waals surface area (Å²) in [5, 5.41) is 19.9. The summed E-state index contributed by atoms with van der Waals surface area (Å²) in [6.45, 7) is 1.74. The number of halogens is 1. The van der Waals surface area contributed by atoms with Gasteiger partial charge in [-0.25, -0.2) is 4.98 Å². The van der Waals surface area contributed by atoms with Crippen LogP contribution in [0.5, 0.6) is 0 Å². The minimum atomic E-state index is -0.466. The molecule has 1 aliphatic heterocycles. The number of nitrogens with zero attached hydrogens (tertiary/aromatic N) is 3. The zero-order chi connectivity index (χ0) is 13.8. The zero-order valence-corrected chi connectivity index (χ0v) is 11.2. The highest BCUT2D eigenvalue weighted by molar-refractivity contribution is 6.29. The summed E-state index contributed by atoms with van der Waals surface area (Å²) >= 11 is 5.83. The van der Waals surface area contributed by atoms with Crippen LogP contribution < -0.4 is 4.90 Å². The highest BCUT2D eigenvalue weighted by Crippen LogP contribution is 2.27. The first-order valence-electron chi connectivity index (χ1n) is 6.28. The second-order valence-corrected chi connectivity index (χ2v) is 5.12. The van der Waals surface area contributed by atoms with E-state index in [4.69, 9.17) is 16.7 Å². The normalized spacial score (nSPS) is 19.5. The predicted octanol–water partition coefficient (Wildman–Crippen LogP) is 2.24. The Kier molecular flexibility index (Phi) is 4.55. The molecule has 1 saturated heterocycles. The van der Waals surface area contributed by atoms with Crippen LogP contribution in [0.4, 0.5) is 11.5 Å². The van der Waals surface area contributed by atoms with Crippen molar-refractivity contribution in [2.75, 3.05) is 24.6 Å². The molecule has 2 heterocycles. The van der Waals surface area contributed by atoms with E-state index in [-0.39, 0.29) is 17.4 Å². The van der Waals surface area contributed by atoms with Crippen molar-refractivity contribution < 1.29 is 10.0 Å². The second-order valence-electron chi connectivity index (χ2n) is 4.73. The maximum Gasteiger partial charge on any atom is 0.276 e. The Balaban J connectivity index is 2.18. The van der Waals surface area contributed by atoms with Gasteiger partial charge in [-0.3, -0.25) is 10.1 Å². The zero-order valence-electron chi connectivity index (χ0n) is 10.5. The van der Waals surface area contributed by atoms with Crippen LogP contribution in [0.25, 0.3) is 0 Å². The smallest absolute Gasteiger partial charge is 0.276 e. The number of hydrogen-bond acceptors (Lipinski definition) is 5. The molecule has 0 radical (unpaired) electrons. The minimum Gasteiger partial charge on any atom is -0.396 e. The molecular formula is C12H16ClN3O3. The summed E-state index contributed by atoms with van der Waals surface area (Å²) in [4.78, 5) is 16.5. The topological polar surface area (TPSA) is 79.5 Å². The summed E-state index contributed by atoms with van der Waals surface area (Å²) in [7, 11) is 0. The van der Waals surface area contributed by atoms with Crippen molar-refractivity contribution in [1.29, 1.82) is 0 Å². The summed E-state index contributed by atoms with van der Waals surface area (Å²) in [6, 6.07) is 2.70. The van der Waals surface area contributed by atoms with Gasteiger partial charge >= 0.3 is 0 Å². The molecule has 1 aliphatic rings. The summed E-state index contributed by atoms with van der Waals surface area (Å²) in [5.41, 5.74) is -0.0423. The fourth-order valence-electron chi connectivity index (χ4n) is 2.43. The number of nitro groups is 1. The molecule has 2 rings (SSSR count). The van der Waals surface area contributed by atoms with Gasteiger partial charge in [-0.05, 0) is 25.2 Å². The minimum absolute atomic E-state index is 0.0423. The second kappa shape index (κ2) is 6.16. The average Bonchev–Trinajstić information content (AvgIpc) is 2.38. The summed E-state index contributed by atoms with van der Waals surface area (Å²) in [5.74, 6) is 0.945. The van der Waals surface area contributed by atoms with Crippen molar-refractivity contribution in [2.45, 2.75) is 19.3 Å². The van der Waals surface area contributed by atoms with Gasteiger partial charge in [0.2, 0.25) is 0 Å². The number of aliphatic hydroxyl groups is 1. The maximum atomic E-state index is 10.8. The van der Waals surface area contributed by atoms with Crippen molar-refractivity contribution in [3.05, 3.63) is 27.4 Å². The van der Waals surface area contributed by atoms with Gasteiger partial charge in [0.25, 0.3) is 5.69 Å². The van der Waals surface area contributed by atoms with Gasteiger partial charge in [0.1, 0.15) is 11.0 Å². The van der Waals surface area contributed by atoms with Crippen LogP contribution in [0, 0.1) is 16.0 Å². The van der Waals surface area contributed by atoms with E-state index in [0.29, 0.717) is 11.7 Å². The van der Waals surface area contributed by atoms with E-state index >= 15 is 0 Å². The Bertz CT molecular complexity index is 468. The van der Waals surface area contributed by atoms with E-state index < -0.39 is 4.92 Å². The first kappa shape index (κ1) is 14.0. The van der Waals surface area contributed by atoms with E-state index in [2.05, 4.69) is 4.98 Å². The van der Waals surface area contributed by atoms with Gasteiger partial charge in [0, 0.05) is 19.7 Å². The SMILES string of the molecule is O=[N+]([O-])c1cc(Cl)nc(N2CCCC(CCO)C2)c1. The lowest BCUT2D eigenvalue weighted by molar-refractivity contribution is -0.384. The molecule has 0 spiro atoms. The molecule has 0 bridgehead atoms. The highest BCUT2D eigenvalue weighted by atomic mass is 35.5. The molecule has 1 aromatic heterocycles. The Hall–Kier alpha value is -1.40. The summed E-state index contributed by atoms with van der Waals surface area (Å²) in [6.07, 6.45) is 2.81. The Morgan fingerprint density at radius 3 is 3.05 bits per heavy atom. The molecule has 0 saturated carbocycles. The quantitative estimate of drug-likeness (QED) is 0.521. The predicted molar refractivity (Wildman–Crippen MR) is 72.5 cm³/mol. The van der Waals surface area contributed by atoms with Crippen molar-refractivity contribution >= 4 is 23.1 Å². The van der Waals surface area contributed by atoms with E-state index in [1.807, 2.05) is 4.90 Å². The van der Waals surface area contributed by atoms with Gasteiger partial charge in [0.15, 0.2) is 0 Å². The lowest BCUT2D eigenvalue weighted by Gasteiger charge is -2.33. The molecule has 19 heavy (non-hydrogen) atoms. The summed E-state index contributed by atoms with van der Waals surface area (Å²) < 4.78 is 0. The molecule has 1 unspecified atom stereocenters. The number of rotatable bonds is 4. The number of anilines is 1. The molecule has 6 nitrogen and oxygen atoms in total. The third-order valence-corrected chi connectivity index (χ3v) is 3.55. The first-order valence-corrected chi connectivity index (χ1v) is 6.65. The number of aromatic nitrogens is 1.